The quantitative estimate of drug-likeness (QED) is 0.756. The Morgan fingerprint density at radius 1 is 1.39 bits per heavy atom. The van der Waals surface area contributed by atoms with Crippen LogP contribution in [-0.4, -0.2) is 18.7 Å². The predicted octanol–water partition coefficient (Wildman–Crippen LogP) is 4.29. The van der Waals surface area contributed by atoms with Gasteiger partial charge in [-0.2, -0.15) is 0 Å². The lowest BCUT2D eigenvalue weighted by atomic mass is 10.2. The molecule has 1 saturated carbocycles. The molecule has 0 spiro atoms. The van der Waals surface area contributed by atoms with Gasteiger partial charge in [-0.15, -0.1) is 0 Å². The molecular formula is C14H19Cl2NO. The van der Waals surface area contributed by atoms with Crippen LogP contribution in [-0.2, 0) is 0 Å². The Morgan fingerprint density at radius 3 is 2.89 bits per heavy atom. The van der Waals surface area contributed by atoms with E-state index >= 15 is 0 Å². The highest BCUT2D eigenvalue weighted by molar-refractivity contribution is 6.34. The number of ether oxygens (including phenoxy) is 1. The molecule has 4 heteroatoms. The van der Waals surface area contributed by atoms with Crippen molar-refractivity contribution in [3.8, 4) is 5.75 Å². The number of hydrogen-bond donors (Lipinski definition) is 1. The fraction of sp³-hybridized carbons (Fsp3) is 0.571. The summed E-state index contributed by atoms with van der Waals surface area (Å²) in [6, 6.07) is 6.08. The maximum absolute atomic E-state index is 6.06. The normalized spacial score (nSPS) is 16.6. The Kier molecular flexibility index (Phi) is 5.16. The van der Waals surface area contributed by atoms with Crippen LogP contribution < -0.4 is 10.1 Å². The van der Waals surface area contributed by atoms with Crippen molar-refractivity contribution in [1.29, 1.82) is 0 Å². The van der Waals surface area contributed by atoms with Crippen LogP contribution in [0.1, 0.15) is 32.6 Å². The standard InChI is InChI=1S/C14H19Cl2NO/c1-10(3-2-8-17-12-5-6-12)18-14-9-11(15)4-7-13(14)16/h4,7,9-10,12,17H,2-3,5-6,8H2,1H3. The minimum atomic E-state index is 0.155. The summed E-state index contributed by atoms with van der Waals surface area (Å²) in [5.74, 6) is 0.673. The average molecular weight is 288 g/mol. The van der Waals surface area contributed by atoms with E-state index < -0.39 is 0 Å². The summed E-state index contributed by atoms with van der Waals surface area (Å²) >= 11 is 12.0. The molecule has 1 atom stereocenters. The van der Waals surface area contributed by atoms with Gasteiger partial charge in [0.25, 0.3) is 0 Å². The van der Waals surface area contributed by atoms with Crippen LogP contribution in [0.4, 0.5) is 0 Å². The highest BCUT2D eigenvalue weighted by Crippen LogP contribution is 2.29. The molecule has 0 heterocycles. The van der Waals surface area contributed by atoms with E-state index in [9.17, 15) is 0 Å². The van der Waals surface area contributed by atoms with Gasteiger partial charge in [-0.25, -0.2) is 0 Å². The van der Waals surface area contributed by atoms with Crippen molar-refractivity contribution in [3.05, 3.63) is 28.2 Å². The van der Waals surface area contributed by atoms with Gasteiger partial charge < -0.3 is 10.1 Å². The van der Waals surface area contributed by atoms with E-state index in [2.05, 4.69) is 12.2 Å². The second kappa shape index (κ2) is 6.65. The summed E-state index contributed by atoms with van der Waals surface area (Å²) in [7, 11) is 0. The summed E-state index contributed by atoms with van der Waals surface area (Å²) in [6.45, 7) is 3.13. The zero-order valence-electron chi connectivity index (χ0n) is 10.6. The number of hydrogen-bond acceptors (Lipinski definition) is 2. The van der Waals surface area contributed by atoms with Gasteiger partial charge in [0.15, 0.2) is 0 Å². The molecule has 0 saturated heterocycles. The number of halogens is 2. The first-order valence-corrected chi connectivity index (χ1v) is 7.26. The van der Waals surface area contributed by atoms with E-state index in [0.717, 1.165) is 25.4 Å². The number of nitrogens with one attached hydrogen (secondary N) is 1. The van der Waals surface area contributed by atoms with E-state index in [-0.39, 0.29) is 6.10 Å². The first-order valence-electron chi connectivity index (χ1n) is 6.50. The third kappa shape index (κ3) is 4.68. The Labute approximate surface area is 119 Å². The molecule has 1 aromatic carbocycles. The molecule has 1 unspecified atom stereocenters. The molecule has 0 aromatic heterocycles. The fourth-order valence-electron chi connectivity index (χ4n) is 1.83. The predicted molar refractivity (Wildman–Crippen MR) is 76.8 cm³/mol. The monoisotopic (exact) mass is 287 g/mol. The third-order valence-corrected chi connectivity index (χ3v) is 3.57. The van der Waals surface area contributed by atoms with Crippen molar-refractivity contribution in [2.45, 2.75) is 44.8 Å². The largest absolute Gasteiger partial charge is 0.489 e. The van der Waals surface area contributed by atoms with Crippen LogP contribution in [0.15, 0.2) is 18.2 Å². The first-order chi connectivity index (χ1) is 8.65. The summed E-state index contributed by atoms with van der Waals surface area (Å²) in [4.78, 5) is 0. The van der Waals surface area contributed by atoms with Crippen molar-refractivity contribution in [2.24, 2.45) is 0 Å². The molecule has 1 aliphatic rings. The molecule has 0 bridgehead atoms. The van der Waals surface area contributed by atoms with Gasteiger partial charge in [0.05, 0.1) is 11.1 Å². The zero-order valence-corrected chi connectivity index (χ0v) is 12.1. The fourth-order valence-corrected chi connectivity index (χ4v) is 2.15. The lowest BCUT2D eigenvalue weighted by Crippen LogP contribution is -2.20. The first kappa shape index (κ1) is 14.0. The van der Waals surface area contributed by atoms with E-state index in [1.54, 1.807) is 18.2 Å². The van der Waals surface area contributed by atoms with Crippen molar-refractivity contribution in [3.63, 3.8) is 0 Å². The molecule has 0 aliphatic heterocycles. The molecule has 0 radical (unpaired) electrons. The highest BCUT2D eigenvalue weighted by Gasteiger charge is 2.19. The third-order valence-electron chi connectivity index (χ3n) is 3.02. The second-order valence-electron chi connectivity index (χ2n) is 4.87. The smallest absolute Gasteiger partial charge is 0.139 e. The van der Waals surface area contributed by atoms with E-state index in [1.165, 1.54) is 12.8 Å². The number of benzene rings is 1. The Balaban J connectivity index is 1.71. The second-order valence-corrected chi connectivity index (χ2v) is 5.72. The van der Waals surface area contributed by atoms with E-state index in [0.29, 0.717) is 15.8 Å². The van der Waals surface area contributed by atoms with Crippen molar-refractivity contribution >= 4 is 23.2 Å². The summed E-state index contributed by atoms with van der Waals surface area (Å²) in [6.07, 6.45) is 4.97. The molecule has 1 aromatic rings. The molecule has 100 valence electrons. The molecule has 1 aliphatic carbocycles. The van der Waals surface area contributed by atoms with Crippen LogP contribution in [0.25, 0.3) is 0 Å². The lowest BCUT2D eigenvalue weighted by molar-refractivity contribution is 0.207. The van der Waals surface area contributed by atoms with Crippen LogP contribution in [0.3, 0.4) is 0 Å². The van der Waals surface area contributed by atoms with Crippen LogP contribution >= 0.6 is 23.2 Å². The van der Waals surface area contributed by atoms with Gasteiger partial charge in [0.2, 0.25) is 0 Å². The minimum Gasteiger partial charge on any atom is -0.489 e. The van der Waals surface area contributed by atoms with Crippen molar-refractivity contribution in [1.82, 2.24) is 5.32 Å². The zero-order chi connectivity index (χ0) is 13.0. The van der Waals surface area contributed by atoms with Crippen molar-refractivity contribution < 1.29 is 4.74 Å². The maximum Gasteiger partial charge on any atom is 0.139 e. The molecule has 2 nitrogen and oxygen atoms in total. The summed E-state index contributed by atoms with van der Waals surface area (Å²) in [5, 5.41) is 4.76. The molecule has 0 amide bonds. The van der Waals surface area contributed by atoms with E-state index in [1.807, 2.05) is 0 Å². The van der Waals surface area contributed by atoms with Gasteiger partial charge >= 0.3 is 0 Å². The van der Waals surface area contributed by atoms with Gasteiger partial charge in [0, 0.05) is 17.1 Å². The average Bonchev–Trinajstić information content (AvgIpc) is 3.13. The summed E-state index contributed by atoms with van der Waals surface area (Å²) in [5.41, 5.74) is 0. The van der Waals surface area contributed by atoms with Crippen LogP contribution in [0.2, 0.25) is 10.0 Å². The molecule has 18 heavy (non-hydrogen) atoms. The maximum atomic E-state index is 6.06. The van der Waals surface area contributed by atoms with Gasteiger partial charge in [-0.1, -0.05) is 23.2 Å². The molecule has 1 N–H and O–H groups in total. The van der Waals surface area contributed by atoms with Crippen LogP contribution in [0, 0.1) is 0 Å². The topological polar surface area (TPSA) is 21.3 Å². The Hall–Kier alpha value is -0.440. The van der Waals surface area contributed by atoms with Gasteiger partial charge in [0.1, 0.15) is 5.75 Å². The van der Waals surface area contributed by atoms with Gasteiger partial charge in [-0.3, -0.25) is 0 Å². The Bertz CT molecular complexity index is 393. The Morgan fingerprint density at radius 2 is 2.17 bits per heavy atom. The summed E-state index contributed by atoms with van der Waals surface area (Å²) < 4.78 is 5.80. The lowest BCUT2D eigenvalue weighted by Gasteiger charge is -2.16. The van der Waals surface area contributed by atoms with Crippen molar-refractivity contribution in [2.75, 3.05) is 6.54 Å². The van der Waals surface area contributed by atoms with Gasteiger partial charge in [-0.05, 0) is 51.3 Å². The molecule has 1 fully saturated rings. The van der Waals surface area contributed by atoms with E-state index in [4.69, 9.17) is 27.9 Å². The number of rotatable bonds is 7. The molecular weight excluding hydrogens is 269 g/mol. The minimum absolute atomic E-state index is 0.155. The highest BCUT2D eigenvalue weighted by atomic mass is 35.5. The molecule has 2 rings (SSSR count). The SMILES string of the molecule is CC(CCCNC1CC1)Oc1cc(Cl)ccc1Cl. The van der Waals surface area contributed by atoms with Crippen LogP contribution in [0.5, 0.6) is 5.75 Å².